The largest absolute Gasteiger partial charge is 0.203 e. The van der Waals surface area contributed by atoms with Gasteiger partial charge >= 0.3 is 0 Å². The van der Waals surface area contributed by atoms with Crippen molar-refractivity contribution in [3.8, 4) is 0 Å². The van der Waals surface area contributed by atoms with Crippen LogP contribution >= 0.6 is 0 Å². The molecule has 2 aliphatic carbocycles. The summed E-state index contributed by atoms with van der Waals surface area (Å²) in [7, 11) is 0. The van der Waals surface area contributed by atoms with E-state index in [1.807, 2.05) is 12.1 Å². The van der Waals surface area contributed by atoms with Crippen molar-refractivity contribution in [2.24, 2.45) is 17.8 Å². The molecule has 0 aromatic heterocycles. The molecule has 0 amide bonds. The Morgan fingerprint density at radius 2 is 1.50 bits per heavy atom. The smallest absolute Gasteiger partial charge is 0.162 e. The normalized spacial score (nSPS) is 26.9. The van der Waals surface area contributed by atoms with Crippen LogP contribution in [0.3, 0.4) is 0 Å². The second-order valence-electron chi connectivity index (χ2n) is 10.3. The van der Waals surface area contributed by atoms with Gasteiger partial charge in [0.15, 0.2) is 11.6 Å². The molecule has 0 nitrogen and oxygen atoms in total. The van der Waals surface area contributed by atoms with Crippen molar-refractivity contribution in [1.29, 1.82) is 0 Å². The van der Waals surface area contributed by atoms with E-state index in [0.29, 0.717) is 23.5 Å². The van der Waals surface area contributed by atoms with Crippen molar-refractivity contribution in [3.63, 3.8) is 0 Å². The minimum absolute atomic E-state index is 0.194. The lowest BCUT2D eigenvalue weighted by Gasteiger charge is -2.29. The minimum atomic E-state index is -0.604. The molecule has 0 heterocycles. The van der Waals surface area contributed by atoms with Gasteiger partial charge in [0, 0.05) is 0 Å². The van der Waals surface area contributed by atoms with Crippen LogP contribution in [0.15, 0.2) is 36.4 Å². The SMILES string of the molecule is C/C=C/CCC1CCC(/C=C/CCc2ccc(C3CCC(CCC)CC3)c(F)c2F)CC1. The molecule has 0 saturated heterocycles. The van der Waals surface area contributed by atoms with Crippen LogP contribution in [0.2, 0.25) is 0 Å². The Bertz CT molecular complexity index is 731. The first-order valence-electron chi connectivity index (χ1n) is 13.4. The van der Waals surface area contributed by atoms with Gasteiger partial charge in [0.25, 0.3) is 0 Å². The van der Waals surface area contributed by atoms with E-state index in [9.17, 15) is 8.78 Å². The monoisotopic (exact) mass is 442 g/mol. The molecule has 178 valence electrons. The Balaban J connectivity index is 1.43. The molecular weight excluding hydrogens is 398 g/mol. The standard InChI is InChI=1S/C30H44F2/c1-3-5-6-10-24-13-15-25(16-14-24)11-7-8-12-27-21-22-28(30(32)29(27)31)26-19-17-23(9-4-2)18-20-26/h3,5,7,11,21-26H,4,6,8-10,12-20H2,1-2H3/b5-3+,11-7+. The summed E-state index contributed by atoms with van der Waals surface area (Å²) >= 11 is 0. The van der Waals surface area contributed by atoms with E-state index < -0.39 is 11.6 Å². The summed E-state index contributed by atoms with van der Waals surface area (Å²) in [6.07, 6.45) is 24.9. The second kappa shape index (κ2) is 13.3. The van der Waals surface area contributed by atoms with Crippen molar-refractivity contribution in [3.05, 3.63) is 59.2 Å². The van der Waals surface area contributed by atoms with E-state index in [-0.39, 0.29) is 5.92 Å². The average molecular weight is 443 g/mol. The lowest BCUT2D eigenvalue weighted by molar-refractivity contribution is 0.297. The maximum Gasteiger partial charge on any atom is 0.162 e. The van der Waals surface area contributed by atoms with Gasteiger partial charge in [-0.15, -0.1) is 0 Å². The van der Waals surface area contributed by atoms with Gasteiger partial charge in [-0.25, -0.2) is 8.78 Å². The van der Waals surface area contributed by atoms with Gasteiger partial charge in [-0.3, -0.25) is 0 Å². The number of rotatable bonds is 10. The lowest BCUT2D eigenvalue weighted by Crippen LogP contribution is -2.15. The average Bonchev–Trinajstić information content (AvgIpc) is 2.81. The van der Waals surface area contributed by atoms with Gasteiger partial charge in [0.05, 0.1) is 0 Å². The Kier molecular flexibility index (Phi) is 10.5. The molecule has 0 bridgehead atoms. The summed E-state index contributed by atoms with van der Waals surface area (Å²) in [5.74, 6) is 1.34. The zero-order valence-electron chi connectivity index (χ0n) is 20.4. The number of halogens is 2. The molecule has 32 heavy (non-hydrogen) atoms. The predicted molar refractivity (Wildman–Crippen MR) is 133 cm³/mol. The van der Waals surface area contributed by atoms with E-state index in [2.05, 4.69) is 38.2 Å². The van der Waals surface area contributed by atoms with E-state index in [1.165, 1.54) is 51.4 Å². The molecular formula is C30H44F2. The minimum Gasteiger partial charge on any atom is -0.203 e. The van der Waals surface area contributed by atoms with Crippen LogP contribution < -0.4 is 0 Å². The number of hydrogen-bond donors (Lipinski definition) is 0. The van der Waals surface area contributed by atoms with Crippen molar-refractivity contribution in [2.45, 2.75) is 110 Å². The molecule has 0 radical (unpaired) electrons. The molecule has 1 aromatic carbocycles. The highest BCUT2D eigenvalue weighted by molar-refractivity contribution is 5.29. The number of benzene rings is 1. The molecule has 2 saturated carbocycles. The highest BCUT2D eigenvalue weighted by Gasteiger charge is 2.26. The summed E-state index contributed by atoms with van der Waals surface area (Å²) in [5.41, 5.74) is 1.14. The Hall–Kier alpha value is -1.44. The van der Waals surface area contributed by atoms with Crippen LogP contribution in [-0.2, 0) is 6.42 Å². The van der Waals surface area contributed by atoms with Gasteiger partial charge in [-0.05, 0) is 119 Å². The second-order valence-corrected chi connectivity index (χ2v) is 10.3. The first-order chi connectivity index (χ1) is 15.6. The van der Waals surface area contributed by atoms with Crippen LogP contribution in [0.4, 0.5) is 8.78 Å². The predicted octanol–water partition coefficient (Wildman–Crippen LogP) is 9.69. The fraction of sp³-hybridized carbons (Fsp3) is 0.667. The molecule has 0 unspecified atom stereocenters. The maximum absolute atomic E-state index is 14.8. The third-order valence-corrected chi connectivity index (χ3v) is 8.03. The Morgan fingerprint density at radius 3 is 2.19 bits per heavy atom. The van der Waals surface area contributed by atoms with Crippen molar-refractivity contribution in [1.82, 2.24) is 0 Å². The number of aryl methyl sites for hydroxylation is 1. The van der Waals surface area contributed by atoms with Crippen LogP contribution in [0.25, 0.3) is 0 Å². The van der Waals surface area contributed by atoms with Crippen molar-refractivity contribution in [2.75, 3.05) is 0 Å². The van der Waals surface area contributed by atoms with Gasteiger partial charge < -0.3 is 0 Å². The van der Waals surface area contributed by atoms with Crippen molar-refractivity contribution >= 4 is 0 Å². The summed E-state index contributed by atoms with van der Waals surface area (Å²) in [4.78, 5) is 0. The highest BCUT2D eigenvalue weighted by atomic mass is 19.2. The van der Waals surface area contributed by atoms with Crippen LogP contribution in [-0.4, -0.2) is 0 Å². The Labute approximate surface area is 195 Å². The molecule has 3 rings (SSSR count). The molecule has 2 aliphatic rings. The first-order valence-corrected chi connectivity index (χ1v) is 13.4. The van der Waals surface area contributed by atoms with E-state index >= 15 is 0 Å². The van der Waals surface area contributed by atoms with Crippen LogP contribution in [0, 0.1) is 29.4 Å². The summed E-state index contributed by atoms with van der Waals surface area (Å²) in [6, 6.07) is 3.72. The zero-order valence-corrected chi connectivity index (χ0v) is 20.4. The van der Waals surface area contributed by atoms with E-state index in [4.69, 9.17) is 0 Å². The molecule has 0 spiro atoms. The van der Waals surface area contributed by atoms with Crippen molar-refractivity contribution < 1.29 is 8.78 Å². The zero-order chi connectivity index (χ0) is 22.8. The molecule has 0 N–H and O–H groups in total. The summed E-state index contributed by atoms with van der Waals surface area (Å²) in [6.45, 7) is 4.32. The number of allylic oxidation sites excluding steroid dienone is 4. The topological polar surface area (TPSA) is 0 Å². The van der Waals surface area contributed by atoms with Gasteiger partial charge in [0.2, 0.25) is 0 Å². The Morgan fingerprint density at radius 1 is 0.812 bits per heavy atom. The first kappa shape index (κ1) is 25.2. The van der Waals surface area contributed by atoms with Gasteiger partial charge in [-0.1, -0.05) is 56.2 Å². The molecule has 0 atom stereocenters. The van der Waals surface area contributed by atoms with Gasteiger partial charge in [-0.2, -0.15) is 0 Å². The van der Waals surface area contributed by atoms with Crippen LogP contribution in [0.5, 0.6) is 0 Å². The fourth-order valence-electron chi connectivity index (χ4n) is 5.98. The lowest BCUT2D eigenvalue weighted by atomic mass is 9.77. The summed E-state index contributed by atoms with van der Waals surface area (Å²) in [5, 5.41) is 0. The molecule has 1 aromatic rings. The third-order valence-electron chi connectivity index (χ3n) is 8.03. The van der Waals surface area contributed by atoms with E-state index in [0.717, 1.165) is 43.9 Å². The van der Waals surface area contributed by atoms with Crippen LogP contribution in [0.1, 0.15) is 114 Å². The molecule has 0 aliphatic heterocycles. The summed E-state index contributed by atoms with van der Waals surface area (Å²) < 4.78 is 29.6. The van der Waals surface area contributed by atoms with E-state index in [1.54, 1.807) is 0 Å². The third kappa shape index (κ3) is 7.29. The van der Waals surface area contributed by atoms with Gasteiger partial charge in [0.1, 0.15) is 0 Å². The quantitative estimate of drug-likeness (QED) is 0.316. The molecule has 2 heteroatoms. The number of hydrogen-bond acceptors (Lipinski definition) is 0. The highest BCUT2D eigenvalue weighted by Crippen LogP contribution is 2.39. The maximum atomic E-state index is 14.8. The molecule has 2 fully saturated rings. The fourth-order valence-corrected chi connectivity index (χ4v) is 5.98.